The molecule has 76 valence electrons. The molecule has 0 aliphatic carbocycles. The number of pyridine rings is 1. The van der Waals surface area contributed by atoms with Crippen molar-refractivity contribution in [3.63, 3.8) is 0 Å². The Kier molecular flexibility index (Phi) is 2.94. The Morgan fingerprint density at radius 1 is 1.07 bits per heavy atom. The molecule has 1 aromatic heterocycles. The average Bonchev–Trinajstić information content (AvgIpc) is 2.23. The van der Waals surface area contributed by atoms with E-state index in [0.29, 0.717) is 10.0 Å². The molecule has 0 radical (unpaired) electrons. The van der Waals surface area contributed by atoms with Crippen LogP contribution < -0.4 is 0 Å². The molecule has 0 aliphatic rings. The first kappa shape index (κ1) is 10.5. The number of aryl methyl sites for hydroxylation is 1. The van der Waals surface area contributed by atoms with Crippen LogP contribution in [0.1, 0.15) is 5.69 Å². The Balaban J connectivity index is 2.55. The number of halogens is 2. The molecule has 3 heteroatoms. The summed E-state index contributed by atoms with van der Waals surface area (Å²) in [7, 11) is 0. The molecule has 0 bridgehead atoms. The second-order valence-electron chi connectivity index (χ2n) is 3.27. The molecule has 0 aliphatic heterocycles. The van der Waals surface area contributed by atoms with Gasteiger partial charge in [-0.3, -0.25) is 4.98 Å². The quantitative estimate of drug-likeness (QED) is 0.719. The van der Waals surface area contributed by atoms with Gasteiger partial charge in [-0.25, -0.2) is 0 Å². The molecule has 0 saturated heterocycles. The van der Waals surface area contributed by atoms with Crippen LogP contribution in [0.3, 0.4) is 0 Å². The lowest BCUT2D eigenvalue weighted by molar-refractivity contribution is 1.20. The summed E-state index contributed by atoms with van der Waals surface area (Å²) in [4.78, 5) is 4.23. The van der Waals surface area contributed by atoms with Crippen LogP contribution in [0.25, 0.3) is 11.1 Å². The normalized spacial score (nSPS) is 10.3. The topological polar surface area (TPSA) is 12.9 Å². The van der Waals surface area contributed by atoms with Crippen molar-refractivity contribution in [1.82, 2.24) is 4.98 Å². The largest absolute Gasteiger partial charge is 0.261 e. The lowest BCUT2D eigenvalue weighted by Gasteiger charge is -2.05. The summed E-state index contributed by atoms with van der Waals surface area (Å²) in [5.41, 5.74) is 3.10. The molecule has 0 unspecified atom stereocenters. The maximum atomic E-state index is 5.96. The summed E-state index contributed by atoms with van der Waals surface area (Å²) >= 11 is 11.8. The standard InChI is InChI=1S/C12H9Cl2N/c1-8-10(3-2-6-15-8)9-4-5-11(13)12(14)7-9/h2-7H,1H3. The smallest absolute Gasteiger partial charge is 0.0598 e. The molecule has 0 N–H and O–H groups in total. The van der Waals surface area contributed by atoms with Gasteiger partial charge in [-0.2, -0.15) is 0 Å². The molecule has 1 nitrogen and oxygen atoms in total. The molecule has 0 atom stereocenters. The van der Waals surface area contributed by atoms with Crippen molar-refractivity contribution in [2.45, 2.75) is 6.92 Å². The molecular weight excluding hydrogens is 229 g/mol. The number of rotatable bonds is 1. The van der Waals surface area contributed by atoms with Gasteiger partial charge in [0.2, 0.25) is 0 Å². The van der Waals surface area contributed by atoms with Gasteiger partial charge in [0.1, 0.15) is 0 Å². The Morgan fingerprint density at radius 3 is 2.53 bits per heavy atom. The minimum Gasteiger partial charge on any atom is -0.261 e. The zero-order valence-corrected chi connectivity index (χ0v) is 9.68. The van der Waals surface area contributed by atoms with Crippen LogP contribution >= 0.6 is 23.2 Å². The zero-order valence-electron chi connectivity index (χ0n) is 8.17. The molecule has 15 heavy (non-hydrogen) atoms. The minimum atomic E-state index is 0.567. The first-order chi connectivity index (χ1) is 7.18. The first-order valence-corrected chi connectivity index (χ1v) is 5.31. The van der Waals surface area contributed by atoms with Gasteiger partial charge in [0.05, 0.1) is 10.0 Å². The number of hydrogen-bond acceptors (Lipinski definition) is 1. The Morgan fingerprint density at radius 2 is 1.87 bits per heavy atom. The maximum absolute atomic E-state index is 5.96. The third-order valence-electron chi connectivity index (χ3n) is 2.24. The number of nitrogens with zero attached hydrogens (tertiary/aromatic N) is 1. The Hall–Kier alpha value is -1.05. The van der Waals surface area contributed by atoms with Crippen LogP contribution in [0.4, 0.5) is 0 Å². The lowest BCUT2D eigenvalue weighted by atomic mass is 10.1. The highest BCUT2D eigenvalue weighted by Gasteiger charge is 2.04. The van der Waals surface area contributed by atoms with Crippen molar-refractivity contribution in [3.8, 4) is 11.1 Å². The van der Waals surface area contributed by atoms with Crippen LogP contribution in [0.5, 0.6) is 0 Å². The maximum Gasteiger partial charge on any atom is 0.0598 e. The van der Waals surface area contributed by atoms with E-state index in [2.05, 4.69) is 4.98 Å². The van der Waals surface area contributed by atoms with E-state index in [9.17, 15) is 0 Å². The molecule has 0 saturated carbocycles. The van der Waals surface area contributed by atoms with Gasteiger partial charge in [-0.15, -0.1) is 0 Å². The number of benzene rings is 1. The second kappa shape index (κ2) is 4.21. The molecule has 2 aromatic rings. The van der Waals surface area contributed by atoms with Crippen molar-refractivity contribution in [1.29, 1.82) is 0 Å². The highest BCUT2D eigenvalue weighted by molar-refractivity contribution is 6.42. The van der Waals surface area contributed by atoms with E-state index in [1.807, 2.05) is 31.2 Å². The number of aromatic nitrogens is 1. The van der Waals surface area contributed by atoms with E-state index in [4.69, 9.17) is 23.2 Å². The third-order valence-corrected chi connectivity index (χ3v) is 2.98. The first-order valence-electron chi connectivity index (χ1n) is 4.55. The van der Waals surface area contributed by atoms with Gasteiger partial charge in [-0.1, -0.05) is 35.3 Å². The highest BCUT2D eigenvalue weighted by atomic mass is 35.5. The van der Waals surface area contributed by atoms with Crippen molar-refractivity contribution < 1.29 is 0 Å². The monoisotopic (exact) mass is 237 g/mol. The second-order valence-corrected chi connectivity index (χ2v) is 4.08. The van der Waals surface area contributed by atoms with Gasteiger partial charge in [0, 0.05) is 17.5 Å². The SMILES string of the molecule is Cc1ncccc1-c1ccc(Cl)c(Cl)c1. The summed E-state index contributed by atoms with van der Waals surface area (Å²) in [6, 6.07) is 9.52. The van der Waals surface area contributed by atoms with Gasteiger partial charge < -0.3 is 0 Å². The summed E-state index contributed by atoms with van der Waals surface area (Å²) in [6.45, 7) is 1.97. The predicted octanol–water partition coefficient (Wildman–Crippen LogP) is 4.36. The fraction of sp³-hybridized carbons (Fsp3) is 0.0833. The van der Waals surface area contributed by atoms with E-state index in [1.165, 1.54) is 0 Å². The highest BCUT2D eigenvalue weighted by Crippen LogP contribution is 2.29. The van der Waals surface area contributed by atoms with E-state index in [0.717, 1.165) is 16.8 Å². The fourth-order valence-corrected chi connectivity index (χ4v) is 1.75. The molecule has 2 rings (SSSR count). The molecule has 1 aromatic carbocycles. The van der Waals surface area contributed by atoms with Crippen molar-refractivity contribution >= 4 is 23.2 Å². The fourth-order valence-electron chi connectivity index (χ4n) is 1.45. The zero-order chi connectivity index (χ0) is 10.8. The summed E-state index contributed by atoms with van der Waals surface area (Å²) in [5, 5.41) is 1.14. The van der Waals surface area contributed by atoms with Crippen molar-refractivity contribution in [2.75, 3.05) is 0 Å². The summed E-state index contributed by atoms with van der Waals surface area (Å²) in [6.07, 6.45) is 1.77. The van der Waals surface area contributed by atoms with Crippen LogP contribution in [-0.2, 0) is 0 Å². The predicted molar refractivity (Wildman–Crippen MR) is 64.4 cm³/mol. The van der Waals surface area contributed by atoms with Crippen molar-refractivity contribution in [2.24, 2.45) is 0 Å². The number of hydrogen-bond donors (Lipinski definition) is 0. The van der Waals surface area contributed by atoms with Crippen molar-refractivity contribution in [3.05, 3.63) is 52.3 Å². The molecule has 0 amide bonds. The molecule has 0 fully saturated rings. The van der Waals surface area contributed by atoms with E-state index in [-0.39, 0.29) is 0 Å². The van der Waals surface area contributed by atoms with E-state index < -0.39 is 0 Å². The summed E-state index contributed by atoms with van der Waals surface area (Å²) in [5.74, 6) is 0. The third kappa shape index (κ3) is 2.14. The van der Waals surface area contributed by atoms with Crippen LogP contribution in [0.15, 0.2) is 36.5 Å². The lowest BCUT2D eigenvalue weighted by Crippen LogP contribution is -1.86. The van der Waals surface area contributed by atoms with Crippen LogP contribution in [0.2, 0.25) is 10.0 Å². The molecule has 0 spiro atoms. The van der Waals surface area contributed by atoms with E-state index >= 15 is 0 Å². The molecule has 1 heterocycles. The van der Waals surface area contributed by atoms with Gasteiger partial charge in [0.25, 0.3) is 0 Å². The Labute approximate surface area is 98.7 Å². The van der Waals surface area contributed by atoms with Crippen LogP contribution in [0, 0.1) is 6.92 Å². The van der Waals surface area contributed by atoms with Gasteiger partial charge >= 0.3 is 0 Å². The molecular formula is C12H9Cl2N. The van der Waals surface area contributed by atoms with Crippen LogP contribution in [-0.4, -0.2) is 4.98 Å². The van der Waals surface area contributed by atoms with E-state index in [1.54, 1.807) is 12.3 Å². The minimum absolute atomic E-state index is 0.567. The van der Waals surface area contributed by atoms with Gasteiger partial charge in [-0.05, 0) is 30.7 Å². The Bertz CT molecular complexity index is 495. The average molecular weight is 238 g/mol. The summed E-state index contributed by atoms with van der Waals surface area (Å²) < 4.78 is 0. The van der Waals surface area contributed by atoms with Gasteiger partial charge in [0.15, 0.2) is 0 Å².